The van der Waals surface area contributed by atoms with Crippen molar-refractivity contribution in [2.24, 2.45) is 0 Å². The van der Waals surface area contributed by atoms with Gasteiger partial charge in [-0.25, -0.2) is 14.5 Å². The highest BCUT2D eigenvalue weighted by molar-refractivity contribution is 9.10. The van der Waals surface area contributed by atoms with E-state index < -0.39 is 23.8 Å². The molecule has 4 rings (SSSR count). The molecule has 1 aliphatic heterocycles. The number of carbonyl (C=O) groups excluding carboxylic acids is 3. The zero-order valence-corrected chi connectivity index (χ0v) is 20.0. The first-order valence-corrected chi connectivity index (χ1v) is 11.2. The topological polar surface area (TPSA) is 113 Å². The number of aryl methyl sites for hydroxylation is 1. The first-order valence-electron chi connectivity index (χ1n) is 10.5. The van der Waals surface area contributed by atoms with Crippen molar-refractivity contribution in [2.75, 3.05) is 4.90 Å². The third kappa shape index (κ3) is 5.30. The van der Waals surface area contributed by atoms with Crippen LogP contribution < -0.4 is 15.0 Å². The number of ether oxygens (including phenoxy) is 1. The highest BCUT2D eigenvalue weighted by Crippen LogP contribution is 2.29. The van der Waals surface area contributed by atoms with Crippen LogP contribution in [0.5, 0.6) is 5.75 Å². The molecule has 176 valence electrons. The highest BCUT2D eigenvalue weighted by atomic mass is 79.9. The lowest BCUT2D eigenvalue weighted by atomic mass is 10.1. The number of hydrogen-bond acceptors (Lipinski definition) is 5. The molecular formula is C26H19BrN2O6. The largest absolute Gasteiger partial charge is 0.488 e. The minimum atomic E-state index is -0.999. The van der Waals surface area contributed by atoms with Crippen LogP contribution in [-0.2, 0) is 16.2 Å². The first kappa shape index (κ1) is 23.9. The number of rotatable bonds is 6. The van der Waals surface area contributed by atoms with Crippen molar-refractivity contribution in [1.82, 2.24) is 5.32 Å². The Bertz CT molecular complexity index is 1360. The molecule has 35 heavy (non-hydrogen) atoms. The second-order valence-corrected chi connectivity index (χ2v) is 8.63. The number of hydrogen-bond donors (Lipinski definition) is 2. The summed E-state index contributed by atoms with van der Waals surface area (Å²) in [6, 6.07) is 17.4. The fraction of sp³-hybridized carbons (Fsp3) is 0.0769. The highest BCUT2D eigenvalue weighted by Gasteiger charge is 2.36. The molecule has 3 aromatic carbocycles. The van der Waals surface area contributed by atoms with Gasteiger partial charge in [0.2, 0.25) is 0 Å². The van der Waals surface area contributed by atoms with Crippen LogP contribution in [0.15, 0.2) is 76.8 Å². The SMILES string of the molecule is Cc1ccc(N2C(=O)NC(=O)/C(=C\c3ccc(OCc4ccc(C(=O)O)cc4)c(Br)c3)C2=O)cc1. The van der Waals surface area contributed by atoms with Gasteiger partial charge < -0.3 is 9.84 Å². The summed E-state index contributed by atoms with van der Waals surface area (Å²) in [6.07, 6.45) is 1.41. The van der Waals surface area contributed by atoms with E-state index in [-0.39, 0.29) is 17.7 Å². The number of amides is 4. The van der Waals surface area contributed by atoms with Gasteiger partial charge in [0, 0.05) is 0 Å². The van der Waals surface area contributed by atoms with Crippen LogP contribution in [0.4, 0.5) is 10.5 Å². The zero-order chi connectivity index (χ0) is 25.1. The molecule has 2 N–H and O–H groups in total. The fourth-order valence-electron chi connectivity index (χ4n) is 3.38. The summed E-state index contributed by atoms with van der Waals surface area (Å²) in [7, 11) is 0. The first-order chi connectivity index (χ1) is 16.7. The van der Waals surface area contributed by atoms with E-state index in [0.717, 1.165) is 16.0 Å². The number of carboxylic acid groups (broad SMARTS) is 1. The maximum absolute atomic E-state index is 13.0. The van der Waals surface area contributed by atoms with E-state index in [0.29, 0.717) is 21.5 Å². The quantitative estimate of drug-likeness (QED) is 0.350. The van der Waals surface area contributed by atoms with E-state index in [9.17, 15) is 19.2 Å². The molecule has 4 amide bonds. The number of carboxylic acids is 1. The molecule has 0 radical (unpaired) electrons. The normalized spacial score (nSPS) is 14.7. The maximum atomic E-state index is 13.0. The molecule has 0 unspecified atom stereocenters. The Hall–Kier alpha value is -4.24. The van der Waals surface area contributed by atoms with Crippen molar-refractivity contribution in [3.63, 3.8) is 0 Å². The molecule has 9 heteroatoms. The van der Waals surface area contributed by atoms with Gasteiger partial charge in [-0.1, -0.05) is 35.9 Å². The molecule has 3 aromatic rings. The standard InChI is InChI=1S/C26H19BrN2O6/c1-15-2-9-19(10-3-15)29-24(31)20(23(30)28-26(29)34)12-17-6-11-22(21(27)13-17)35-14-16-4-7-18(8-5-16)25(32)33/h2-13H,14H2,1H3,(H,32,33)(H,28,30,34)/b20-12+. The van der Waals surface area contributed by atoms with Gasteiger partial charge in [0.25, 0.3) is 11.8 Å². The van der Waals surface area contributed by atoms with Gasteiger partial charge in [0.15, 0.2) is 0 Å². The number of carbonyl (C=O) groups is 4. The number of urea groups is 1. The van der Waals surface area contributed by atoms with E-state index in [1.165, 1.54) is 18.2 Å². The minimum absolute atomic E-state index is 0.177. The monoisotopic (exact) mass is 534 g/mol. The summed E-state index contributed by atoms with van der Waals surface area (Å²) in [4.78, 5) is 49.6. The lowest BCUT2D eigenvalue weighted by Gasteiger charge is -2.26. The van der Waals surface area contributed by atoms with Crippen LogP contribution >= 0.6 is 15.9 Å². The lowest BCUT2D eigenvalue weighted by molar-refractivity contribution is -0.122. The molecule has 8 nitrogen and oxygen atoms in total. The molecule has 0 aromatic heterocycles. The smallest absolute Gasteiger partial charge is 0.335 e. The van der Waals surface area contributed by atoms with Gasteiger partial charge in [0.05, 0.1) is 15.7 Å². The Labute approximate surface area is 209 Å². The average Bonchev–Trinajstić information content (AvgIpc) is 2.82. The second-order valence-electron chi connectivity index (χ2n) is 7.77. The van der Waals surface area contributed by atoms with E-state index in [4.69, 9.17) is 9.84 Å². The number of halogens is 1. The Kier molecular flexibility index (Phi) is 6.79. The van der Waals surface area contributed by atoms with Crippen molar-refractivity contribution in [3.05, 3.63) is 99.0 Å². The van der Waals surface area contributed by atoms with Crippen molar-refractivity contribution in [2.45, 2.75) is 13.5 Å². The van der Waals surface area contributed by atoms with Crippen LogP contribution in [0.2, 0.25) is 0 Å². The van der Waals surface area contributed by atoms with E-state index in [2.05, 4.69) is 21.2 Å². The summed E-state index contributed by atoms with van der Waals surface area (Å²) in [5.74, 6) is -1.97. The van der Waals surface area contributed by atoms with E-state index in [1.54, 1.807) is 54.6 Å². The lowest BCUT2D eigenvalue weighted by Crippen LogP contribution is -2.54. The van der Waals surface area contributed by atoms with Crippen LogP contribution in [0, 0.1) is 6.92 Å². The molecule has 1 saturated heterocycles. The maximum Gasteiger partial charge on any atom is 0.335 e. The Morgan fingerprint density at radius 2 is 1.71 bits per heavy atom. The van der Waals surface area contributed by atoms with Gasteiger partial charge in [0.1, 0.15) is 17.9 Å². The molecular weight excluding hydrogens is 516 g/mol. The van der Waals surface area contributed by atoms with Crippen molar-refractivity contribution in [3.8, 4) is 5.75 Å². The van der Waals surface area contributed by atoms with E-state index in [1.807, 2.05) is 6.92 Å². The zero-order valence-electron chi connectivity index (χ0n) is 18.4. The van der Waals surface area contributed by atoms with Gasteiger partial charge in [-0.3, -0.25) is 14.9 Å². The summed E-state index contributed by atoms with van der Waals surface area (Å²) in [5.41, 5.74) is 2.68. The number of imide groups is 2. The van der Waals surface area contributed by atoms with Gasteiger partial charge in [-0.2, -0.15) is 0 Å². The predicted molar refractivity (Wildman–Crippen MR) is 132 cm³/mol. The number of aromatic carboxylic acids is 1. The number of anilines is 1. The van der Waals surface area contributed by atoms with Gasteiger partial charge in [-0.15, -0.1) is 0 Å². The molecule has 0 spiro atoms. The van der Waals surface area contributed by atoms with Gasteiger partial charge >= 0.3 is 12.0 Å². The number of nitrogens with zero attached hydrogens (tertiary/aromatic N) is 1. The summed E-state index contributed by atoms with van der Waals surface area (Å²) >= 11 is 3.43. The molecule has 0 saturated carbocycles. The Morgan fingerprint density at radius 1 is 1.03 bits per heavy atom. The van der Waals surface area contributed by atoms with Crippen molar-refractivity contribution < 1.29 is 29.0 Å². The Balaban J connectivity index is 1.52. The summed E-state index contributed by atoms with van der Waals surface area (Å²) < 4.78 is 6.38. The predicted octanol–water partition coefficient (Wildman–Crippen LogP) is 4.70. The fourth-order valence-corrected chi connectivity index (χ4v) is 3.89. The average molecular weight is 535 g/mol. The van der Waals surface area contributed by atoms with Crippen LogP contribution in [-0.4, -0.2) is 28.9 Å². The van der Waals surface area contributed by atoms with E-state index >= 15 is 0 Å². The van der Waals surface area contributed by atoms with Crippen LogP contribution in [0.1, 0.15) is 27.0 Å². The number of nitrogens with one attached hydrogen (secondary N) is 1. The number of barbiturate groups is 1. The van der Waals surface area contributed by atoms with Crippen LogP contribution in [0.25, 0.3) is 6.08 Å². The molecule has 1 aliphatic rings. The summed E-state index contributed by atoms with van der Waals surface area (Å²) in [5, 5.41) is 11.2. The third-order valence-electron chi connectivity index (χ3n) is 5.26. The van der Waals surface area contributed by atoms with Crippen molar-refractivity contribution >= 4 is 51.5 Å². The molecule has 0 bridgehead atoms. The number of benzene rings is 3. The Morgan fingerprint density at radius 3 is 2.34 bits per heavy atom. The van der Waals surface area contributed by atoms with Crippen LogP contribution in [0.3, 0.4) is 0 Å². The second kappa shape index (κ2) is 9.94. The molecule has 1 fully saturated rings. The molecule has 1 heterocycles. The molecule has 0 atom stereocenters. The summed E-state index contributed by atoms with van der Waals surface area (Å²) in [6.45, 7) is 2.10. The molecule has 0 aliphatic carbocycles. The van der Waals surface area contributed by atoms with Crippen molar-refractivity contribution in [1.29, 1.82) is 0 Å². The van der Waals surface area contributed by atoms with Gasteiger partial charge in [-0.05, 0) is 76.5 Å². The third-order valence-corrected chi connectivity index (χ3v) is 5.88. The minimum Gasteiger partial charge on any atom is -0.488 e.